The summed E-state index contributed by atoms with van der Waals surface area (Å²) in [4.78, 5) is 8.66. The molecule has 0 atom stereocenters. The van der Waals surface area contributed by atoms with E-state index in [-0.39, 0.29) is 6.61 Å². The van der Waals surface area contributed by atoms with E-state index in [0.717, 1.165) is 36.0 Å². The lowest BCUT2D eigenvalue weighted by Crippen LogP contribution is -2.12. The van der Waals surface area contributed by atoms with Gasteiger partial charge in [0, 0.05) is 18.7 Å². The molecular weight excluding hydrogens is 204 g/mol. The Hall–Kier alpha value is -1.36. The largest absolute Gasteiger partial charge is 0.395 e. The summed E-state index contributed by atoms with van der Waals surface area (Å²) in [6.07, 6.45) is 1.06. The van der Waals surface area contributed by atoms with E-state index in [0.29, 0.717) is 6.54 Å². The van der Waals surface area contributed by atoms with E-state index in [1.165, 1.54) is 0 Å². The van der Waals surface area contributed by atoms with Gasteiger partial charge in [0.15, 0.2) is 0 Å². The molecule has 16 heavy (non-hydrogen) atoms. The minimum absolute atomic E-state index is 0.0974. The van der Waals surface area contributed by atoms with E-state index < -0.39 is 0 Å². The maximum absolute atomic E-state index is 8.78. The third kappa shape index (κ3) is 3.34. The summed E-state index contributed by atoms with van der Waals surface area (Å²) in [7, 11) is 0. The summed E-state index contributed by atoms with van der Waals surface area (Å²) in [5.41, 5.74) is 0.993. The van der Waals surface area contributed by atoms with Crippen molar-refractivity contribution in [1.82, 2.24) is 9.97 Å². The Labute approximate surface area is 96.3 Å². The van der Waals surface area contributed by atoms with Crippen LogP contribution in [0.15, 0.2) is 0 Å². The second-order valence-electron chi connectivity index (χ2n) is 3.67. The highest BCUT2D eigenvalue weighted by atomic mass is 16.3. The normalized spacial score (nSPS) is 10.2. The average Bonchev–Trinajstić information content (AvgIpc) is 2.28. The van der Waals surface area contributed by atoms with Gasteiger partial charge >= 0.3 is 0 Å². The van der Waals surface area contributed by atoms with Crippen LogP contribution in [0.3, 0.4) is 0 Å². The van der Waals surface area contributed by atoms with E-state index in [1.54, 1.807) is 0 Å². The lowest BCUT2D eigenvalue weighted by Gasteiger charge is -2.13. The molecule has 0 saturated heterocycles. The Morgan fingerprint density at radius 2 is 1.62 bits per heavy atom. The van der Waals surface area contributed by atoms with Gasteiger partial charge in [0.25, 0.3) is 0 Å². The molecule has 0 bridgehead atoms. The predicted molar refractivity (Wildman–Crippen MR) is 65.9 cm³/mol. The van der Waals surface area contributed by atoms with Crippen LogP contribution in [-0.4, -0.2) is 34.8 Å². The monoisotopic (exact) mass is 224 g/mol. The summed E-state index contributed by atoms with van der Waals surface area (Å²) in [6.45, 7) is 7.45. The van der Waals surface area contributed by atoms with Crippen LogP contribution in [0.1, 0.15) is 24.7 Å². The SMILES string of the molecule is CCCNc1nc(C)nc(NCCO)c1C. The molecule has 0 aliphatic carbocycles. The Bertz CT molecular complexity index is 312. The summed E-state index contributed by atoms with van der Waals surface area (Å²) < 4.78 is 0. The maximum Gasteiger partial charge on any atom is 0.134 e. The van der Waals surface area contributed by atoms with E-state index in [1.807, 2.05) is 13.8 Å². The van der Waals surface area contributed by atoms with E-state index in [2.05, 4.69) is 27.5 Å². The number of aryl methyl sites for hydroxylation is 1. The predicted octanol–water partition coefficient (Wildman–Crippen LogP) is 1.32. The smallest absolute Gasteiger partial charge is 0.134 e. The molecule has 1 heterocycles. The van der Waals surface area contributed by atoms with Crippen molar-refractivity contribution in [2.75, 3.05) is 30.3 Å². The number of anilines is 2. The van der Waals surface area contributed by atoms with Gasteiger partial charge in [0.05, 0.1) is 6.61 Å². The molecule has 0 spiro atoms. The lowest BCUT2D eigenvalue weighted by atomic mass is 10.3. The molecule has 0 aliphatic heterocycles. The van der Waals surface area contributed by atoms with Crippen molar-refractivity contribution >= 4 is 11.6 Å². The molecule has 1 aromatic rings. The van der Waals surface area contributed by atoms with Crippen LogP contribution in [0.4, 0.5) is 11.6 Å². The zero-order chi connectivity index (χ0) is 12.0. The van der Waals surface area contributed by atoms with Gasteiger partial charge in [0.2, 0.25) is 0 Å². The molecule has 0 fully saturated rings. The van der Waals surface area contributed by atoms with Crippen LogP contribution in [0.5, 0.6) is 0 Å². The summed E-state index contributed by atoms with van der Waals surface area (Å²) >= 11 is 0. The molecule has 0 amide bonds. The molecule has 0 radical (unpaired) electrons. The molecule has 0 aliphatic rings. The van der Waals surface area contributed by atoms with Crippen molar-refractivity contribution in [1.29, 1.82) is 0 Å². The van der Waals surface area contributed by atoms with Gasteiger partial charge in [0.1, 0.15) is 17.5 Å². The minimum atomic E-state index is 0.0974. The Kier molecular flexibility index (Phi) is 4.98. The van der Waals surface area contributed by atoms with E-state index in [4.69, 9.17) is 5.11 Å². The van der Waals surface area contributed by atoms with Crippen molar-refractivity contribution in [2.45, 2.75) is 27.2 Å². The summed E-state index contributed by atoms with van der Waals surface area (Å²) in [6, 6.07) is 0. The van der Waals surface area contributed by atoms with E-state index in [9.17, 15) is 0 Å². The van der Waals surface area contributed by atoms with Gasteiger partial charge in [-0.3, -0.25) is 0 Å². The van der Waals surface area contributed by atoms with Gasteiger partial charge in [-0.2, -0.15) is 0 Å². The van der Waals surface area contributed by atoms with Crippen molar-refractivity contribution in [3.63, 3.8) is 0 Å². The third-order valence-corrected chi connectivity index (χ3v) is 2.20. The molecule has 0 saturated carbocycles. The average molecular weight is 224 g/mol. The topological polar surface area (TPSA) is 70.1 Å². The fraction of sp³-hybridized carbons (Fsp3) is 0.636. The second kappa shape index (κ2) is 6.27. The van der Waals surface area contributed by atoms with Crippen molar-refractivity contribution in [2.24, 2.45) is 0 Å². The number of nitrogens with zero attached hydrogens (tertiary/aromatic N) is 2. The molecule has 90 valence electrons. The highest BCUT2D eigenvalue weighted by Crippen LogP contribution is 2.19. The number of hydrogen-bond acceptors (Lipinski definition) is 5. The van der Waals surface area contributed by atoms with Crippen LogP contribution in [0, 0.1) is 13.8 Å². The summed E-state index contributed by atoms with van der Waals surface area (Å²) in [5, 5.41) is 15.1. The van der Waals surface area contributed by atoms with Crippen molar-refractivity contribution in [3.8, 4) is 0 Å². The van der Waals surface area contributed by atoms with Crippen molar-refractivity contribution < 1.29 is 5.11 Å². The zero-order valence-corrected chi connectivity index (χ0v) is 10.2. The van der Waals surface area contributed by atoms with Crippen molar-refractivity contribution in [3.05, 3.63) is 11.4 Å². The van der Waals surface area contributed by atoms with Crippen LogP contribution in [0.25, 0.3) is 0 Å². The third-order valence-electron chi connectivity index (χ3n) is 2.20. The number of aliphatic hydroxyl groups excluding tert-OH is 1. The number of aliphatic hydroxyl groups is 1. The van der Waals surface area contributed by atoms with Crippen LogP contribution >= 0.6 is 0 Å². The fourth-order valence-corrected chi connectivity index (χ4v) is 1.39. The Balaban J connectivity index is 2.86. The summed E-state index contributed by atoms with van der Waals surface area (Å²) in [5.74, 6) is 2.39. The zero-order valence-electron chi connectivity index (χ0n) is 10.2. The van der Waals surface area contributed by atoms with Gasteiger partial charge < -0.3 is 15.7 Å². The first-order chi connectivity index (χ1) is 7.69. The first-order valence-corrected chi connectivity index (χ1v) is 5.62. The second-order valence-corrected chi connectivity index (χ2v) is 3.67. The van der Waals surface area contributed by atoms with E-state index >= 15 is 0 Å². The molecule has 3 N–H and O–H groups in total. The van der Waals surface area contributed by atoms with Gasteiger partial charge in [-0.25, -0.2) is 9.97 Å². The fourth-order valence-electron chi connectivity index (χ4n) is 1.39. The molecule has 1 rings (SSSR count). The number of rotatable bonds is 6. The first-order valence-electron chi connectivity index (χ1n) is 5.62. The Morgan fingerprint density at radius 3 is 2.12 bits per heavy atom. The van der Waals surface area contributed by atoms with Gasteiger partial charge in [-0.05, 0) is 20.3 Å². The molecule has 0 unspecified atom stereocenters. The molecule has 5 heteroatoms. The minimum Gasteiger partial charge on any atom is -0.395 e. The lowest BCUT2D eigenvalue weighted by molar-refractivity contribution is 0.311. The van der Waals surface area contributed by atoms with Crippen LogP contribution in [-0.2, 0) is 0 Å². The maximum atomic E-state index is 8.78. The van der Waals surface area contributed by atoms with Crippen LogP contribution < -0.4 is 10.6 Å². The number of aromatic nitrogens is 2. The van der Waals surface area contributed by atoms with Crippen LogP contribution in [0.2, 0.25) is 0 Å². The standard InChI is InChI=1S/C11H20N4O/c1-4-5-12-10-8(2)11(13-6-7-16)15-9(3)14-10/h16H,4-7H2,1-3H3,(H2,12,13,14,15). The Morgan fingerprint density at radius 1 is 1.06 bits per heavy atom. The number of nitrogens with one attached hydrogen (secondary N) is 2. The molecule has 0 aromatic carbocycles. The molecule has 1 aromatic heterocycles. The highest BCUT2D eigenvalue weighted by Gasteiger charge is 2.07. The van der Waals surface area contributed by atoms with Gasteiger partial charge in [-0.15, -0.1) is 0 Å². The van der Waals surface area contributed by atoms with Gasteiger partial charge in [-0.1, -0.05) is 6.92 Å². The molecular formula is C11H20N4O. The molecule has 5 nitrogen and oxygen atoms in total. The first kappa shape index (κ1) is 12.7. The number of hydrogen-bond donors (Lipinski definition) is 3. The quantitative estimate of drug-likeness (QED) is 0.680. The highest BCUT2D eigenvalue weighted by molar-refractivity contribution is 5.57.